The van der Waals surface area contributed by atoms with Crippen molar-refractivity contribution in [2.45, 2.75) is 32.6 Å². The van der Waals surface area contributed by atoms with Gasteiger partial charge in [0.25, 0.3) is 0 Å². The predicted octanol–water partition coefficient (Wildman–Crippen LogP) is 3.49. The third-order valence-corrected chi connectivity index (χ3v) is 2.97. The lowest BCUT2D eigenvalue weighted by Gasteiger charge is -2.07. The number of hydrogen-bond donors (Lipinski definition) is 2. The minimum atomic E-state index is -0.334. The van der Waals surface area contributed by atoms with Gasteiger partial charge in [-0.3, -0.25) is 0 Å². The first-order valence-electron chi connectivity index (χ1n) is 7.52. The average molecular weight is 304 g/mol. The summed E-state index contributed by atoms with van der Waals surface area (Å²) in [5.41, 5.74) is 1.20. The standard InChI is InChI=1S/C17H24N2O3/c1-14(2)16(20)22-13-9-4-3-8-12-18-17(21)19-15-10-6-5-7-11-15/h5-7,10-11H,1,3-4,8-9,12-13H2,2H3,(H2,18,19,21). The summed E-state index contributed by atoms with van der Waals surface area (Å²) in [6, 6.07) is 9.13. The molecule has 0 saturated carbocycles. The maximum Gasteiger partial charge on any atom is 0.333 e. The highest BCUT2D eigenvalue weighted by Crippen LogP contribution is 2.04. The van der Waals surface area contributed by atoms with Crippen molar-refractivity contribution in [2.75, 3.05) is 18.5 Å². The average Bonchev–Trinajstić information content (AvgIpc) is 2.50. The molecular weight excluding hydrogens is 280 g/mol. The summed E-state index contributed by atoms with van der Waals surface area (Å²) in [5, 5.41) is 5.57. The predicted molar refractivity (Wildman–Crippen MR) is 87.7 cm³/mol. The number of esters is 1. The Bertz CT molecular complexity index is 486. The lowest BCUT2D eigenvalue weighted by Crippen LogP contribution is -2.29. The van der Waals surface area contributed by atoms with Gasteiger partial charge in [-0.15, -0.1) is 0 Å². The van der Waals surface area contributed by atoms with Gasteiger partial charge in [-0.1, -0.05) is 31.2 Å². The first kappa shape index (κ1) is 17.8. The van der Waals surface area contributed by atoms with Crippen LogP contribution in [0, 0.1) is 0 Å². The largest absolute Gasteiger partial charge is 0.462 e. The van der Waals surface area contributed by atoms with Crippen LogP contribution in [0.3, 0.4) is 0 Å². The highest BCUT2D eigenvalue weighted by Gasteiger charge is 2.02. The fraction of sp³-hybridized carbons (Fsp3) is 0.412. The van der Waals surface area contributed by atoms with Crippen LogP contribution < -0.4 is 10.6 Å². The van der Waals surface area contributed by atoms with Gasteiger partial charge in [0.1, 0.15) is 0 Å². The normalized spacial score (nSPS) is 9.86. The summed E-state index contributed by atoms with van der Waals surface area (Å²) in [5.74, 6) is -0.334. The molecule has 0 aliphatic carbocycles. The van der Waals surface area contributed by atoms with Crippen LogP contribution in [0.5, 0.6) is 0 Å². The molecule has 0 spiro atoms. The van der Waals surface area contributed by atoms with Gasteiger partial charge in [0.15, 0.2) is 0 Å². The van der Waals surface area contributed by atoms with E-state index in [0.29, 0.717) is 18.7 Å². The Morgan fingerprint density at radius 3 is 2.45 bits per heavy atom. The van der Waals surface area contributed by atoms with E-state index in [0.717, 1.165) is 31.4 Å². The Kier molecular flexibility index (Phi) is 8.42. The molecule has 1 aromatic rings. The van der Waals surface area contributed by atoms with Crippen molar-refractivity contribution in [3.05, 3.63) is 42.5 Å². The van der Waals surface area contributed by atoms with E-state index in [1.165, 1.54) is 0 Å². The van der Waals surface area contributed by atoms with E-state index in [1.54, 1.807) is 6.92 Å². The Labute approximate surface area is 131 Å². The number of hydrogen-bond acceptors (Lipinski definition) is 3. The molecule has 0 heterocycles. The molecule has 0 aliphatic rings. The molecule has 1 aromatic carbocycles. The molecule has 1 rings (SSSR count). The van der Waals surface area contributed by atoms with E-state index >= 15 is 0 Å². The fourth-order valence-corrected chi connectivity index (χ4v) is 1.77. The highest BCUT2D eigenvalue weighted by molar-refractivity contribution is 5.89. The maximum absolute atomic E-state index is 11.6. The maximum atomic E-state index is 11.6. The number of anilines is 1. The summed E-state index contributed by atoms with van der Waals surface area (Å²) in [7, 11) is 0. The van der Waals surface area contributed by atoms with Crippen molar-refractivity contribution in [3.63, 3.8) is 0 Å². The molecule has 5 heteroatoms. The number of amides is 2. The summed E-state index contributed by atoms with van der Waals surface area (Å²) in [6.07, 6.45) is 3.67. The molecule has 0 saturated heterocycles. The van der Waals surface area contributed by atoms with Crippen molar-refractivity contribution in [1.29, 1.82) is 0 Å². The Morgan fingerprint density at radius 2 is 1.77 bits per heavy atom. The summed E-state index contributed by atoms with van der Waals surface area (Å²) < 4.78 is 5.00. The SMILES string of the molecule is C=C(C)C(=O)OCCCCCCNC(=O)Nc1ccccc1. The number of benzene rings is 1. The van der Waals surface area contributed by atoms with Crippen LogP contribution in [0.15, 0.2) is 42.5 Å². The lowest BCUT2D eigenvalue weighted by atomic mass is 10.2. The molecule has 22 heavy (non-hydrogen) atoms. The molecule has 0 atom stereocenters. The summed E-state index contributed by atoms with van der Waals surface area (Å²) in [4.78, 5) is 22.7. The molecule has 0 fully saturated rings. The Hall–Kier alpha value is -2.30. The number of ether oxygens (including phenoxy) is 1. The van der Waals surface area contributed by atoms with E-state index in [-0.39, 0.29) is 12.0 Å². The second kappa shape index (κ2) is 10.4. The fourth-order valence-electron chi connectivity index (χ4n) is 1.77. The molecule has 5 nitrogen and oxygen atoms in total. The molecule has 0 bridgehead atoms. The minimum Gasteiger partial charge on any atom is -0.462 e. The molecule has 120 valence electrons. The highest BCUT2D eigenvalue weighted by atomic mass is 16.5. The molecule has 0 aromatic heterocycles. The third-order valence-electron chi connectivity index (χ3n) is 2.97. The van der Waals surface area contributed by atoms with Gasteiger partial charge in [0.2, 0.25) is 0 Å². The number of nitrogens with one attached hydrogen (secondary N) is 2. The lowest BCUT2D eigenvalue weighted by molar-refractivity contribution is -0.139. The second-order valence-corrected chi connectivity index (χ2v) is 5.08. The van der Waals surface area contributed by atoms with E-state index < -0.39 is 0 Å². The van der Waals surface area contributed by atoms with Crippen LogP contribution in [0.2, 0.25) is 0 Å². The Morgan fingerprint density at radius 1 is 1.09 bits per heavy atom. The number of unbranched alkanes of at least 4 members (excludes halogenated alkanes) is 3. The van der Waals surface area contributed by atoms with E-state index in [1.807, 2.05) is 30.3 Å². The van der Waals surface area contributed by atoms with Crippen LogP contribution >= 0.6 is 0 Å². The molecule has 0 unspecified atom stereocenters. The van der Waals surface area contributed by atoms with Gasteiger partial charge >= 0.3 is 12.0 Å². The van der Waals surface area contributed by atoms with Crippen LogP contribution in [-0.2, 0) is 9.53 Å². The van der Waals surface area contributed by atoms with Gasteiger partial charge in [0.05, 0.1) is 6.61 Å². The summed E-state index contributed by atoms with van der Waals surface area (Å²) >= 11 is 0. The number of rotatable bonds is 9. The zero-order chi connectivity index (χ0) is 16.2. The topological polar surface area (TPSA) is 67.4 Å². The van der Waals surface area contributed by atoms with Gasteiger partial charge in [-0.2, -0.15) is 0 Å². The number of carbonyl (C=O) groups is 2. The smallest absolute Gasteiger partial charge is 0.333 e. The zero-order valence-corrected chi connectivity index (χ0v) is 13.1. The minimum absolute atomic E-state index is 0.193. The number of carbonyl (C=O) groups excluding carboxylic acids is 2. The van der Waals surface area contributed by atoms with Crippen LogP contribution in [0.25, 0.3) is 0 Å². The van der Waals surface area contributed by atoms with Crippen molar-refractivity contribution in [1.82, 2.24) is 5.32 Å². The summed E-state index contributed by atoms with van der Waals surface area (Å²) in [6.45, 7) is 6.21. The third kappa shape index (κ3) is 8.09. The first-order chi connectivity index (χ1) is 10.6. The van der Waals surface area contributed by atoms with E-state index in [2.05, 4.69) is 17.2 Å². The van der Waals surface area contributed by atoms with Crippen LogP contribution in [0.1, 0.15) is 32.6 Å². The van der Waals surface area contributed by atoms with Gasteiger partial charge in [-0.05, 0) is 38.3 Å². The van der Waals surface area contributed by atoms with E-state index in [9.17, 15) is 9.59 Å². The van der Waals surface area contributed by atoms with Crippen molar-refractivity contribution in [2.24, 2.45) is 0 Å². The van der Waals surface area contributed by atoms with Crippen LogP contribution in [-0.4, -0.2) is 25.2 Å². The number of para-hydroxylation sites is 1. The monoisotopic (exact) mass is 304 g/mol. The van der Waals surface area contributed by atoms with Crippen LogP contribution in [0.4, 0.5) is 10.5 Å². The van der Waals surface area contributed by atoms with Gasteiger partial charge < -0.3 is 15.4 Å². The zero-order valence-electron chi connectivity index (χ0n) is 13.1. The quantitative estimate of drug-likeness (QED) is 0.417. The second-order valence-electron chi connectivity index (χ2n) is 5.08. The van der Waals surface area contributed by atoms with Gasteiger partial charge in [-0.25, -0.2) is 9.59 Å². The first-order valence-corrected chi connectivity index (χ1v) is 7.52. The van der Waals surface area contributed by atoms with Crippen molar-refractivity contribution in [3.8, 4) is 0 Å². The molecule has 2 N–H and O–H groups in total. The number of urea groups is 1. The molecule has 2 amide bonds. The van der Waals surface area contributed by atoms with Gasteiger partial charge in [0, 0.05) is 17.8 Å². The molecular formula is C17H24N2O3. The van der Waals surface area contributed by atoms with E-state index in [4.69, 9.17) is 4.74 Å². The molecule has 0 radical (unpaired) electrons. The van der Waals surface area contributed by atoms with Crippen molar-refractivity contribution < 1.29 is 14.3 Å². The Balaban J connectivity index is 1.96. The molecule has 0 aliphatic heterocycles. The van der Waals surface area contributed by atoms with Crippen molar-refractivity contribution >= 4 is 17.7 Å².